The van der Waals surface area contributed by atoms with Crippen molar-refractivity contribution in [2.45, 2.75) is 57.4 Å². The van der Waals surface area contributed by atoms with Gasteiger partial charge in [0.25, 0.3) is 0 Å². The Hall–Kier alpha value is -1.88. The average molecular weight is 360 g/mol. The van der Waals surface area contributed by atoms with Gasteiger partial charge in [0.2, 0.25) is 17.7 Å². The number of aromatic nitrogens is 2. The summed E-state index contributed by atoms with van der Waals surface area (Å²) >= 11 is 6.04. The van der Waals surface area contributed by atoms with E-state index in [9.17, 15) is 4.79 Å². The van der Waals surface area contributed by atoms with Crippen LogP contribution in [0.25, 0.3) is 0 Å². The molecule has 0 N–H and O–H groups in total. The lowest BCUT2D eigenvalue weighted by Crippen LogP contribution is -2.36. The molecule has 2 heterocycles. The van der Waals surface area contributed by atoms with E-state index in [0.717, 1.165) is 36.7 Å². The minimum atomic E-state index is 0.140. The van der Waals surface area contributed by atoms with E-state index in [1.165, 1.54) is 24.0 Å². The number of aryl methyl sites for hydroxylation is 1. The SMILES string of the molecule is O=C(CCc1nnc(C2CCCC2)o1)N1CCc2cc(Cl)ccc2C1. The summed E-state index contributed by atoms with van der Waals surface area (Å²) in [7, 11) is 0. The molecular weight excluding hydrogens is 338 g/mol. The summed E-state index contributed by atoms with van der Waals surface area (Å²) in [6.45, 7) is 1.39. The van der Waals surface area contributed by atoms with Crippen molar-refractivity contribution in [3.8, 4) is 0 Å². The Balaban J connectivity index is 1.33. The van der Waals surface area contributed by atoms with Gasteiger partial charge in [-0.1, -0.05) is 30.5 Å². The monoisotopic (exact) mass is 359 g/mol. The van der Waals surface area contributed by atoms with Gasteiger partial charge in [-0.15, -0.1) is 10.2 Å². The van der Waals surface area contributed by atoms with Crippen LogP contribution in [0.5, 0.6) is 0 Å². The molecule has 2 aromatic rings. The lowest BCUT2D eigenvalue weighted by Gasteiger charge is -2.29. The molecule has 1 aliphatic heterocycles. The van der Waals surface area contributed by atoms with Gasteiger partial charge in [-0.3, -0.25) is 4.79 Å². The van der Waals surface area contributed by atoms with E-state index in [1.807, 2.05) is 23.1 Å². The van der Waals surface area contributed by atoms with Crippen molar-refractivity contribution in [2.75, 3.05) is 6.54 Å². The second-order valence-corrected chi connectivity index (χ2v) is 7.43. The van der Waals surface area contributed by atoms with Crippen LogP contribution in [0.1, 0.15) is 60.9 Å². The molecular formula is C19H22ClN3O2. The van der Waals surface area contributed by atoms with Gasteiger partial charge in [-0.25, -0.2) is 0 Å². The highest BCUT2D eigenvalue weighted by molar-refractivity contribution is 6.30. The number of hydrogen-bond donors (Lipinski definition) is 0. The number of nitrogens with zero attached hydrogens (tertiary/aromatic N) is 3. The molecule has 1 aromatic heterocycles. The first-order chi connectivity index (χ1) is 12.2. The molecule has 0 bridgehead atoms. The third-order valence-electron chi connectivity index (χ3n) is 5.27. The van der Waals surface area contributed by atoms with E-state index in [0.29, 0.717) is 31.2 Å². The second kappa shape index (κ2) is 7.16. The van der Waals surface area contributed by atoms with Crippen LogP contribution in [0, 0.1) is 0 Å². The standard InChI is InChI=1S/C19H22ClN3O2/c20-16-6-5-15-12-23(10-9-14(15)11-16)18(24)8-7-17-21-22-19(25-17)13-3-1-2-4-13/h5-6,11,13H,1-4,7-10,12H2. The normalized spacial score (nSPS) is 17.7. The molecule has 1 fully saturated rings. The highest BCUT2D eigenvalue weighted by Gasteiger charge is 2.24. The topological polar surface area (TPSA) is 59.2 Å². The molecule has 132 valence electrons. The highest BCUT2D eigenvalue weighted by atomic mass is 35.5. The van der Waals surface area contributed by atoms with Crippen LogP contribution < -0.4 is 0 Å². The summed E-state index contributed by atoms with van der Waals surface area (Å²) < 4.78 is 5.77. The molecule has 25 heavy (non-hydrogen) atoms. The quantitative estimate of drug-likeness (QED) is 0.830. The second-order valence-electron chi connectivity index (χ2n) is 6.99. The van der Waals surface area contributed by atoms with E-state index >= 15 is 0 Å². The van der Waals surface area contributed by atoms with Gasteiger partial charge in [0, 0.05) is 36.9 Å². The number of benzene rings is 1. The molecule has 1 saturated carbocycles. The Morgan fingerprint density at radius 1 is 1.24 bits per heavy atom. The largest absolute Gasteiger partial charge is 0.425 e. The zero-order valence-corrected chi connectivity index (χ0v) is 15.0. The van der Waals surface area contributed by atoms with Gasteiger partial charge in [0.05, 0.1) is 0 Å². The number of carbonyl (C=O) groups is 1. The fourth-order valence-electron chi connectivity index (χ4n) is 3.81. The molecule has 6 heteroatoms. The number of rotatable bonds is 4. The third kappa shape index (κ3) is 3.71. The summed E-state index contributed by atoms with van der Waals surface area (Å²) in [4.78, 5) is 14.4. The Morgan fingerprint density at radius 2 is 2.08 bits per heavy atom. The van der Waals surface area contributed by atoms with Crippen molar-refractivity contribution in [3.63, 3.8) is 0 Å². The first-order valence-corrected chi connectivity index (χ1v) is 9.44. The lowest BCUT2D eigenvalue weighted by molar-refractivity contribution is -0.132. The van der Waals surface area contributed by atoms with Crippen molar-refractivity contribution in [2.24, 2.45) is 0 Å². The molecule has 1 amide bonds. The average Bonchev–Trinajstić information content (AvgIpc) is 3.30. The Bertz CT molecular complexity index is 768. The van der Waals surface area contributed by atoms with E-state index in [2.05, 4.69) is 10.2 Å². The summed E-state index contributed by atoms with van der Waals surface area (Å²) in [6.07, 6.45) is 6.53. The maximum atomic E-state index is 12.5. The maximum Gasteiger partial charge on any atom is 0.223 e. The van der Waals surface area contributed by atoms with Crippen molar-refractivity contribution in [1.82, 2.24) is 15.1 Å². The van der Waals surface area contributed by atoms with Gasteiger partial charge in [-0.05, 0) is 42.5 Å². The van der Waals surface area contributed by atoms with Crippen molar-refractivity contribution >= 4 is 17.5 Å². The molecule has 0 unspecified atom stereocenters. The first-order valence-electron chi connectivity index (χ1n) is 9.06. The van der Waals surface area contributed by atoms with Crippen molar-refractivity contribution in [3.05, 3.63) is 46.1 Å². The number of carbonyl (C=O) groups excluding carboxylic acids is 1. The van der Waals surface area contributed by atoms with E-state index in [1.54, 1.807) is 0 Å². The Kier molecular flexibility index (Phi) is 4.75. The van der Waals surface area contributed by atoms with Crippen molar-refractivity contribution in [1.29, 1.82) is 0 Å². The van der Waals surface area contributed by atoms with Crippen LogP contribution in [0.15, 0.2) is 22.6 Å². The molecule has 0 atom stereocenters. The van der Waals surface area contributed by atoms with Crippen LogP contribution in [-0.2, 0) is 24.2 Å². The van der Waals surface area contributed by atoms with E-state index < -0.39 is 0 Å². The smallest absolute Gasteiger partial charge is 0.223 e. The van der Waals surface area contributed by atoms with Gasteiger partial charge in [-0.2, -0.15) is 0 Å². The molecule has 0 saturated heterocycles. The zero-order valence-electron chi connectivity index (χ0n) is 14.2. The number of amides is 1. The summed E-state index contributed by atoms with van der Waals surface area (Å²) in [5.74, 6) is 1.90. The van der Waals surface area contributed by atoms with Crippen LogP contribution in [0.2, 0.25) is 5.02 Å². The third-order valence-corrected chi connectivity index (χ3v) is 5.51. The zero-order chi connectivity index (χ0) is 17.2. The van der Waals surface area contributed by atoms with E-state index in [4.69, 9.17) is 16.0 Å². The van der Waals surface area contributed by atoms with Crippen LogP contribution in [-0.4, -0.2) is 27.5 Å². The predicted octanol–water partition coefficient (Wildman–Crippen LogP) is 3.90. The fraction of sp³-hybridized carbons (Fsp3) is 0.526. The lowest BCUT2D eigenvalue weighted by atomic mass is 9.99. The number of halogens is 1. The predicted molar refractivity (Wildman–Crippen MR) is 94.4 cm³/mol. The van der Waals surface area contributed by atoms with Crippen LogP contribution >= 0.6 is 11.6 Å². The molecule has 1 aliphatic carbocycles. The van der Waals surface area contributed by atoms with E-state index in [-0.39, 0.29) is 5.91 Å². The molecule has 2 aliphatic rings. The summed E-state index contributed by atoms with van der Waals surface area (Å²) in [5, 5.41) is 9.05. The van der Waals surface area contributed by atoms with Crippen molar-refractivity contribution < 1.29 is 9.21 Å². The molecule has 0 spiro atoms. The van der Waals surface area contributed by atoms with Gasteiger partial charge in [0.1, 0.15) is 0 Å². The summed E-state index contributed by atoms with van der Waals surface area (Å²) in [6, 6.07) is 5.90. The summed E-state index contributed by atoms with van der Waals surface area (Å²) in [5.41, 5.74) is 2.43. The van der Waals surface area contributed by atoms with Gasteiger partial charge >= 0.3 is 0 Å². The first kappa shape index (κ1) is 16.6. The fourth-order valence-corrected chi connectivity index (χ4v) is 4.01. The number of fused-ring (bicyclic) bond motifs is 1. The molecule has 1 aromatic carbocycles. The molecule has 4 rings (SSSR count). The molecule has 0 radical (unpaired) electrons. The number of hydrogen-bond acceptors (Lipinski definition) is 4. The highest BCUT2D eigenvalue weighted by Crippen LogP contribution is 2.33. The minimum absolute atomic E-state index is 0.140. The molecule has 5 nitrogen and oxygen atoms in total. The minimum Gasteiger partial charge on any atom is -0.425 e. The van der Waals surface area contributed by atoms with Crippen LogP contribution in [0.3, 0.4) is 0 Å². The maximum absolute atomic E-state index is 12.5. The Morgan fingerprint density at radius 3 is 2.92 bits per heavy atom. The van der Waals surface area contributed by atoms with Gasteiger partial charge < -0.3 is 9.32 Å². The van der Waals surface area contributed by atoms with Gasteiger partial charge in [0.15, 0.2) is 0 Å². The van der Waals surface area contributed by atoms with Crippen LogP contribution in [0.4, 0.5) is 0 Å². The Labute approximate surface area is 152 Å².